The second-order valence-corrected chi connectivity index (χ2v) is 7.88. The highest BCUT2D eigenvalue weighted by Crippen LogP contribution is 2.26. The Hall–Kier alpha value is -2.79. The summed E-state index contributed by atoms with van der Waals surface area (Å²) in [4.78, 5) is 11.0. The number of hydrogen-bond donors (Lipinski definition) is 3. The van der Waals surface area contributed by atoms with Gasteiger partial charge in [-0.2, -0.15) is 0 Å². The molecule has 0 aliphatic carbocycles. The van der Waals surface area contributed by atoms with E-state index in [1.807, 2.05) is 12.2 Å². The maximum absolute atomic E-state index is 11.0. The Morgan fingerprint density at radius 2 is 1.61 bits per heavy atom. The molecule has 0 bridgehead atoms. The van der Waals surface area contributed by atoms with E-state index in [4.69, 9.17) is 10.5 Å². The second kappa shape index (κ2) is 32.2. The summed E-state index contributed by atoms with van der Waals surface area (Å²) in [5.41, 5.74) is 6.30. The number of aromatic hydroxyl groups is 1. The lowest BCUT2D eigenvalue weighted by Gasteiger charge is -2.07. The molecule has 0 unspecified atom stereocenters. The van der Waals surface area contributed by atoms with Crippen LogP contribution >= 0.6 is 0 Å². The molecule has 0 fully saturated rings. The molecule has 36 heavy (non-hydrogen) atoms. The molecule has 5 heteroatoms. The van der Waals surface area contributed by atoms with Crippen LogP contribution in [-0.2, 0) is 11.3 Å². The van der Waals surface area contributed by atoms with Gasteiger partial charge in [0.15, 0.2) is 11.5 Å². The molecule has 4 N–H and O–H groups in total. The number of phenols is 1. The lowest BCUT2D eigenvalue weighted by Crippen LogP contribution is -2.21. The molecular formula is C31H54N2O3. The molecule has 1 amide bonds. The summed E-state index contributed by atoms with van der Waals surface area (Å²) in [5, 5.41) is 12.1. The fraction of sp³-hybridized carbons (Fsp3) is 0.516. The van der Waals surface area contributed by atoms with E-state index in [1.54, 1.807) is 25.1 Å². The zero-order valence-electron chi connectivity index (χ0n) is 23.7. The van der Waals surface area contributed by atoms with Crippen molar-refractivity contribution in [3.05, 3.63) is 73.4 Å². The van der Waals surface area contributed by atoms with Crippen molar-refractivity contribution in [1.29, 1.82) is 0 Å². The third kappa shape index (κ3) is 29.2. The zero-order valence-corrected chi connectivity index (χ0v) is 23.7. The molecule has 0 saturated heterocycles. The predicted octanol–water partition coefficient (Wildman–Crippen LogP) is 8.01. The minimum atomic E-state index is 0.00189. The molecule has 0 spiro atoms. The Labute approximate surface area is 222 Å². The third-order valence-corrected chi connectivity index (χ3v) is 4.33. The van der Waals surface area contributed by atoms with Crippen molar-refractivity contribution < 1.29 is 14.6 Å². The maximum atomic E-state index is 11.0. The average Bonchev–Trinajstić information content (AvgIpc) is 2.90. The Kier molecular flexibility index (Phi) is 33.8. The van der Waals surface area contributed by atoms with Gasteiger partial charge in [-0.1, -0.05) is 83.1 Å². The molecule has 1 aromatic rings. The minimum Gasteiger partial charge on any atom is -0.504 e. The molecule has 1 rings (SSSR count). The first-order chi connectivity index (χ1) is 17.4. The molecular weight excluding hydrogens is 448 g/mol. The molecule has 0 atom stereocenters. The smallest absolute Gasteiger partial charge is 0.219 e. The Bertz CT molecular complexity index is 697. The van der Waals surface area contributed by atoms with Gasteiger partial charge in [0.05, 0.1) is 7.11 Å². The Balaban J connectivity index is -0.000000482. The van der Waals surface area contributed by atoms with Crippen molar-refractivity contribution in [1.82, 2.24) is 5.32 Å². The van der Waals surface area contributed by atoms with Gasteiger partial charge < -0.3 is 20.9 Å². The lowest BCUT2D eigenvalue weighted by atomic mass is 10.2. The molecule has 0 aliphatic rings. The number of carbonyl (C=O) groups is 1. The summed E-state index contributed by atoms with van der Waals surface area (Å²) >= 11 is 0. The van der Waals surface area contributed by atoms with Gasteiger partial charge in [0.25, 0.3) is 0 Å². The van der Waals surface area contributed by atoms with Crippen LogP contribution in [0.4, 0.5) is 0 Å². The quantitative estimate of drug-likeness (QED) is 0.178. The van der Waals surface area contributed by atoms with Crippen LogP contribution in [0.1, 0.15) is 91.0 Å². The lowest BCUT2D eigenvalue weighted by molar-refractivity contribution is -0.120. The van der Waals surface area contributed by atoms with E-state index >= 15 is 0 Å². The van der Waals surface area contributed by atoms with Crippen LogP contribution in [0.2, 0.25) is 0 Å². The van der Waals surface area contributed by atoms with Crippen LogP contribution in [0.25, 0.3) is 0 Å². The second-order valence-electron chi connectivity index (χ2n) is 7.88. The van der Waals surface area contributed by atoms with E-state index in [0.717, 1.165) is 37.8 Å². The van der Waals surface area contributed by atoms with E-state index < -0.39 is 0 Å². The van der Waals surface area contributed by atoms with Crippen molar-refractivity contribution in [2.75, 3.05) is 13.7 Å². The van der Waals surface area contributed by atoms with Gasteiger partial charge in [-0.3, -0.25) is 4.79 Å². The number of methoxy groups -OCH3 is 1. The van der Waals surface area contributed by atoms with Gasteiger partial charge in [0.2, 0.25) is 5.91 Å². The van der Waals surface area contributed by atoms with Crippen molar-refractivity contribution in [3.63, 3.8) is 0 Å². The summed E-state index contributed by atoms with van der Waals surface area (Å²) in [6, 6.07) is 4.99. The van der Waals surface area contributed by atoms with Gasteiger partial charge in [-0.15, -0.1) is 13.2 Å². The van der Waals surface area contributed by atoms with E-state index in [-0.39, 0.29) is 11.7 Å². The number of nitrogens with two attached hydrogens (primary N) is 1. The zero-order chi connectivity index (χ0) is 27.9. The van der Waals surface area contributed by atoms with Crippen molar-refractivity contribution in [2.24, 2.45) is 5.73 Å². The first kappa shape index (κ1) is 37.8. The van der Waals surface area contributed by atoms with Crippen LogP contribution in [0.3, 0.4) is 0 Å². The molecule has 0 heterocycles. The van der Waals surface area contributed by atoms with Crippen LogP contribution in [0.15, 0.2) is 67.8 Å². The van der Waals surface area contributed by atoms with Crippen molar-refractivity contribution >= 4 is 5.91 Å². The highest BCUT2D eigenvalue weighted by Gasteiger charge is 2.03. The Morgan fingerprint density at radius 3 is 2.14 bits per heavy atom. The molecule has 0 saturated carbocycles. The number of ether oxygens (including phenoxy) is 1. The summed E-state index contributed by atoms with van der Waals surface area (Å²) in [6.07, 6.45) is 22.3. The van der Waals surface area contributed by atoms with Gasteiger partial charge in [0, 0.05) is 13.0 Å². The van der Waals surface area contributed by atoms with Gasteiger partial charge >= 0.3 is 0 Å². The molecule has 1 aromatic carbocycles. The van der Waals surface area contributed by atoms with Crippen molar-refractivity contribution in [3.8, 4) is 11.5 Å². The summed E-state index contributed by atoms with van der Waals surface area (Å²) in [7, 11) is 1.49. The van der Waals surface area contributed by atoms with E-state index in [0.29, 0.717) is 18.7 Å². The van der Waals surface area contributed by atoms with Crippen LogP contribution in [0, 0.1) is 0 Å². The number of rotatable bonds is 14. The van der Waals surface area contributed by atoms with Crippen molar-refractivity contribution in [2.45, 2.75) is 92.0 Å². The van der Waals surface area contributed by atoms with Crippen LogP contribution in [-0.4, -0.2) is 24.7 Å². The van der Waals surface area contributed by atoms with E-state index in [1.165, 1.54) is 32.8 Å². The fourth-order valence-corrected chi connectivity index (χ4v) is 2.32. The van der Waals surface area contributed by atoms with Crippen LogP contribution in [0.5, 0.6) is 11.5 Å². The molecule has 0 radical (unpaired) electrons. The number of allylic oxidation sites excluding steroid dienone is 6. The van der Waals surface area contributed by atoms with E-state index in [9.17, 15) is 9.90 Å². The number of hydrogen-bond acceptors (Lipinski definition) is 4. The summed E-state index contributed by atoms with van der Waals surface area (Å²) in [6.45, 7) is 16.5. The minimum absolute atomic E-state index is 0.00189. The maximum Gasteiger partial charge on any atom is 0.219 e. The number of phenolic OH excluding ortho intramolecular Hbond substituents is 1. The normalized spacial score (nSPS) is 9.72. The number of nitrogens with one attached hydrogen (secondary N) is 1. The third-order valence-electron chi connectivity index (χ3n) is 4.33. The Morgan fingerprint density at radius 1 is 1.00 bits per heavy atom. The number of benzene rings is 1. The topological polar surface area (TPSA) is 84.6 Å². The molecule has 5 nitrogen and oxygen atoms in total. The molecule has 0 aliphatic heterocycles. The first-order valence-electron chi connectivity index (χ1n) is 13.3. The molecule has 206 valence electrons. The standard InChI is InChI=1S/C13H23N.C11H15NO3.C4H8.C3H8/c1-2-3-4-5-6-7-8-9-10-11-12-13-14;1-3-11(14)12-7-8-4-5-9(13)10(6-8)15-2;1-3-4-2;1-3-2/h2,4-5,7-8H,1,3,6,9-14H2;4-6,13H,3,7H2,1-2H3,(H,12,14);3H,1,4H2,2H3;3H2,1-2H3/b5-4-,8-7-;;;. The summed E-state index contributed by atoms with van der Waals surface area (Å²) in [5.74, 6) is 0.517. The molecule has 0 aromatic heterocycles. The number of amides is 1. The fourth-order valence-electron chi connectivity index (χ4n) is 2.32. The number of carbonyl (C=O) groups excluding carboxylic acids is 1. The SMILES string of the molecule is C=CC/C=C\C/C=C\CCCCCN.C=CCC.CCC.CCC(=O)NCc1ccc(O)c(OC)c1. The highest BCUT2D eigenvalue weighted by molar-refractivity contribution is 5.75. The van der Waals surface area contributed by atoms with Gasteiger partial charge in [-0.05, 0) is 62.8 Å². The monoisotopic (exact) mass is 502 g/mol. The highest BCUT2D eigenvalue weighted by atomic mass is 16.5. The largest absolute Gasteiger partial charge is 0.504 e. The van der Waals surface area contributed by atoms with E-state index in [2.05, 4.69) is 63.5 Å². The predicted molar refractivity (Wildman–Crippen MR) is 158 cm³/mol. The first-order valence-corrected chi connectivity index (χ1v) is 13.3. The van der Waals surface area contributed by atoms with Gasteiger partial charge in [0.1, 0.15) is 0 Å². The summed E-state index contributed by atoms with van der Waals surface area (Å²) < 4.78 is 4.96. The van der Waals surface area contributed by atoms with Crippen LogP contribution < -0.4 is 15.8 Å². The van der Waals surface area contributed by atoms with Gasteiger partial charge in [-0.25, -0.2) is 0 Å². The number of unbranched alkanes of at least 4 members (excludes halogenated alkanes) is 3. The average molecular weight is 503 g/mol.